The van der Waals surface area contributed by atoms with Crippen LogP contribution in [-0.2, 0) is 31.3 Å². The van der Waals surface area contributed by atoms with E-state index in [0.717, 1.165) is 49.7 Å². The number of amides is 2. The van der Waals surface area contributed by atoms with Gasteiger partial charge in [-0.15, -0.1) is 0 Å². The van der Waals surface area contributed by atoms with Crippen LogP contribution in [0.25, 0.3) is 22.5 Å². The first-order valence-corrected chi connectivity index (χ1v) is 25.8. The van der Waals surface area contributed by atoms with Gasteiger partial charge in [-0.3, -0.25) is 20.2 Å². The fraction of sp³-hybridized carbons (Fsp3) is 0.431. The number of aromatic nitrogens is 8. The Labute approximate surface area is 463 Å². The lowest BCUT2D eigenvalue weighted by Gasteiger charge is -2.36. The third-order valence-electron chi connectivity index (χ3n) is 13.2. The van der Waals surface area contributed by atoms with Crippen molar-refractivity contribution in [3.8, 4) is 34.5 Å². The van der Waals surface area contributed by atoms with Gasteiger partial charge >= 0.3 is 30.4 Å². The van der Waals surface area contributed by atoms with Gasteiger partial charge < -0.3 is 49.3 Å². The number of halogens is 8. The molecule has 0 spiro atoms. The number of hydrogen-bond donors (Lipinski definition) is 3. The first-order valence-electron chi connectivity index (χ1n) is 25.1. The van der Waals surface area contributed by atoms with Gasteiger partial charge in [-0.2, -0.15) is 36.3 Å². The third kappa shape index (κ3) is 13.0. The molecule has 4 fully saturated rings. The van der Waals surface area contributed by atoms with Gasteiger partial charge in [0.15, 0.2) is 23.2 Å². The third-order valence-corrected chi connectivity index (χ3v) is 13.8. The van der Waals surface area contributed by atoms with E-state index in [1.807, 2.05) is 32.6 Å². The number of hydrogen-bond acceptors (Lipinski definition) is 19. The minimum Gasteiger partial charge on any atom is -0.461 e. The molecule has 12 rings (SSSR count). The number of anilines is 6. The van der Waals surface area contributed by atoms with Crippen LogP contribution in [0, 0.1) is 0 Å². The normalized spacial score (nSPS) is 21.1. The quantitative estimate of drug-likeness (QED) is 0.114. The summed E-state index contributed by atoms with van der Waals surface area (Å²) in [6, 6.07) is 11.1. The van der Waals surface area contributed by atoms with Crippen LogP contribution in [0.2, 0.25) is 10.0 Å². The Balaban J connectivity index is 0.000000154. The molecule has 80 heavy (non-hydrogen) atoms. The first-order chi connectivity index (χ1) is 37.9. The second kappa shape index (κ2) is 22.4. The number of nitrogens with two attached hydrogens (primary N) is 1. The smallest absolute Gasteiger partial charge is 0.433 e. The van der Waals surface area contributed by atoms with Crippen molar-refractivity contribution >= 4 is 63.9 Å². The van der Waals surface area contributed by atoms with Crippen molar-refractivity contribution in [1.29, 1.82) is 0 Å². The van der Waals surface area contributed by atoms with E-state index in [1.165, 1.54) is 29.3 Å². The summed E-state index contributed by atoms with van der Waals surface area (Å²) in [6.07, 6.45) is -2.67. The number of urea groups is 1. The van der Waals surface area contributed by atoms with Crippen molar-refractivity contribution < 1.29 is 59.6 Å². The van der Waals surface area contributed by atoms with Crippen molar-refractivity contribution in [3.05, 3.63) is 94.8 Å². The Morgan fingerprint density at radius 2 is 1.25 bits per heavy atom. The van der Waals surface area contributed by atoms with Crippen LogP contribution >= 0.6 is 23.2 Å². The van der Waals surface area contributed by atoms with Crippen LogP contribution in [0.1, 0.15) is 51.9 Å². The highest BCUT2D eigenvalue weighted by Crippen LogP contribution is 2.45. The van der Waals surface area contributed by atoms with Crippen LogP contribution in [0.5, 0.6) is 12.0 Å². The Kier molecular flexibility index (Phi) is 15.7. The van der Waals surface area contributed by atoms with Gasteiger partial charge in [-0.05, 0) is 89.1 Å². The number of rotatable bonds is 9. The maximum Gasteiger partial charge on any atom is 0.433 e. The monoisotopic (exact) mass is 1160 g/mol. The van der Waals surface area contributed by atoms with E-state index < -0.39 is 41.3 Å². The van der Waals surface area contributed by atoms with E-state index in [0.29, 0.717) is 79.0 Å². The van der Waals surface area contributed by atoms with E-state index >= 15 is 0 Å². The van der Waals surface area contributed by atoms with Crippen LogP contribution in [-0.4, -0.2) is 134 Å². The summed E-state index contributed by atoms with van der Waals surface area (Å²) in [6.45, 7) is 11.8. The molecule has 0 unspecified atom stereocenters. The molecule has 4 N–H and O–H groups in total. The number of nitrogen functional groups attached to an aromatic ring is 1. The Hall–Kier alpha value is -7.17. The SMILES string of the molecule is CC1(C)OC[C@@H](COc2nccc(N)n2)O1.CC1(C)OC[C@@H](COc2nccc(NC(=O)N3c4nc(-c5ccnc(C(F)(F)F)c5)c(Cl)cc4N4CC[C@H]3C4)n2)O1.FC(F)(F)c1cc(-c2nc3c(cc2Cl)N2CC[C@@H](C2)N3)ccn1. The number of pyridine rings is 4. The molecule has 0 radical (unpaired) electrons. The van der Waals surface area contributed by atoms with Crippen molar-refractivity contribution in [2.24, 2.45) is 0 Å². The molecule has 21 nitrogen and oxygen atoms in total. The molecule has 4 bridgehead atoms. The van der Waals surface area contributed by atoms with Gasteiger partial charge in [0.25, 0.3) is 0 Å². The highest BCUT2D eigenvalue weighted by Gasteiger charge is 2.42. The lowest BCUT2D eigenvalue weighted by molar-refractivity contribution is -0.142. The lowest BCUT2D eigenvalue weighted by Crippen LogP contribution is -2.48. The summed E-state index contributed by atoms with van der Waals surface area (Å²) in [5.41, 5.74) is 5.85. The summed E-state index contributed by atoms with van der Waals surface area (Å²) in [5.74, 6) is 0.306. The van der Waals surface area contributed by atoms with Gasteiger partial charge in [-0.1, -0.05) is 23.2 Å². The van der Waals surface area contributed by atoms with Crippen LogP contribution < -0.4 is 40.5 Å². The first kappa shape index (κ1) is 56.1. The molecule has 6 aliphatic rings. The summed E-state index contributed by atoms with van der Waals surface area (Å²) >= 11 is 12.8. The van der Waals surface area contributed by atoms with Gasteiger partial charge in [-0.25, -0.2) is 24.7 Å². The molecule has 29 heteroatoms. The second-order valence-electron chi connectivity index (χ2n) is 20.0. The Morgan fingerprint density at radius 1 is 0.713 bits per heavy atom. The lowest BCUT2D eigenvalue weighted by atomic mass is 10.1. The molecule has 2 amide bonds. The highest BCUT2D eigenvalue weighted by molar-refractivity contribution is 6.34. The van der Waals surface area contributed by atoms with E-state index in [4.69, 9.17) is 57.4 Å². The molecule has 4 atom stereocenters. The van der Waals surface area contributed by atoms with Gasteiger partial charge in [0.2, 0.25) is 0 Å². The zero-order valence-electron chi connectivity index (χ0n) is 43.2. The van der Waals surface area contributed by atoms with Crippen molar-refractivity contribution in [1.82, 2.24) is 39.9 Å². The topological polar surface area (TPSA) is 235 Å². The zero-order chi connectivity index (χ0) is 56.7. The fourth-order valence-electron chi connectivity index (χ4n) is 9.57. The van der Waals surface area contributed by atoms with E-state index in [2.05, 4.69) is 55.4 Å². The number of carbonyl (C=O) groups excluding carboxylic acids is 1. The molecule has 0 aliphatic carbocycles. The predicted octanol–water partition coefficient (Wildman–Crippen LogP) is 9.18. The average molecular weight is 1160 g/mol. The summed E-state index contributed by atoms with van der Waals surface area (Å²) in [4.78, 5) is 51.4. The van der Waals surface area contributed by atoms with E-state index in [-0.39, 0.29) is 64.8 Å². The molecule has 6 aromatic rings. The van der Waals surface area contributed by atoms with E-state index in [9.17, 15) is 31.1 Å². The molecule has 424 valence electrons. The molecule has 0 aromatic carbocycles. The van der Waals surface area contributed by atoms with Crippen molar-refractivity contribution in [3.63, 3.8) is 0 Å². The number of fused-ring (bicyclic) bond motifs is 8. The molecular weight excluding hydrogens is 1110 g/mol. The van der Waals surface area contributed by atoms with Crippen LogP contribution in [0.3, 0.4) is 0 Å². The number of alkyl halides is 6. The average Bonchev–Trinajstić information content (AvgIpc) is 4.24. The van der Waals surface area contributed by atoms with Gasteiger partial charge in [0, 0.05) is 68.1 Å². The fourth-order valence-corrected chi connectivity index (χ4v) is 10.1. The minimum atomic E-state index is -4.64. The van der Waals surface area contributed by atoms with Gasteiger partial charge in [0.1, 0.15) is 48.4 Å². The van der Waals surface area contributed by atoms with Gasteiger partial charge in [0.05, 0.1) is 52.1 Å². The summed E-state index contributed by atoms with van der Waals surface area (Å²) < 4.78 is 112. The summed E-state index contributed by atoms with van der Waals surface area (Å²) in [5, 5.41) is 6.58. The minimum absolute atomic E-state index is 0.0486. The molecule has 6 aliphatic heterocycles. The maximum absolute atomic E-state index is 13.6. The largest absolute Gasteiger partial charge is 0.461 e. The van der Waals surface area contributed by atoms with Crippen molar-refractivity contribution in [2.75, 3.05) is 83.7 Å². The maximum atomic E-state index is 13.6. The molecule has 12 heterocycles. The van der Waals surface area contributed by atoms with Crippen molar-refractivity contribution in [2.45, 2.75) is 88.8 Å². The molecular formula is C51H52Cl2F6N14O7. The van der Waals surface area contributed by atoms with Crippen LogP contribution in [0.15, 0.2) is 73.3 Å². The number of ether oxygens (including phenoxy) is 6. The second-order valence-corrected chi connectivity index (χ2v) is 20.8. The number of nitrogens with one attached hydrogen (secondary N) is 2. The Bertz CT molecular complexity index is 3260. The number of carbonyl (C=O) groups is 1. The van der Waals surface area contributed by atoms with Crippen LogP contribution in [0.4, 0.5) is 65.8 Å². The Morgan fingerprint density at radius 3 is 1.82 bits per heavy atom. The standard InChI is InChI=1S/C26H25ClF3N7O4.C15H12ClF3N4.C10H15N3O3/c1-25(2)40-13-16(41-25)12-39-23-32-7-4-20(33-23)34-24(38)37-15-5-8-36(11-15)18-10-17(27)21(35-22(18)37)14-3-6-31-19(9-14)26(28,29)30;16-10-6-11-14(21-9-2-4-23(11)7-9)22-13(10)8-1-3-20-12(5-8)15(17,18)19;1-10(2)15-6-7(16-10)5-14-9-12-4-3-8(11)13-9/h3-4,6-7,9-10,15-16H,5,8,11-13H2,1-2H3,(H,32,33,34,38);1,3,5-6,9H,2,4,7H2,(H,21,22);3-4,7H,5-6H2,1-2H3,(H2,11,12,13)/t15-,16+;9-;7-/m001/s1. The number of nitrogens with zero attached hydrogens (tertiary/aromatic N) is 11. The highest BCUT2D eigenvalue weighted by atomic mass is 35.5. The predicted molar refractivity (Wildman–Crippen MR) is 281 cm³/mol. The summed E-state index contributed by atoms with van der Waals surface area (Å²) in [7, 11) is 0. The molecule has 0 saturated carbocycles. The molecule has 6 aromatic heterocycles. The zero-order valence-corrected chi connectivity index (χ0v) is 44.7. The molecule has 4 saturated heterocycles. The van der Waals surface area contributed by atoms with E-state index in [1.54, 1.807) is 24.4 Å².